The highest BCUT2D eigenvalue weighted by Gasteiger charge is 2.29. The van der Waals surface area contributed by atoms with Gasteiger partial charge in [-0.2, -0.15) is 18.4 Å². The van der Waals surface area contributed by atoms with E-state index in [1.807, 2.05) is 6.07 Å². The van der Waals surface area contributed by atoms with Crippen LogP contribution < -0.4 is 0 Å². The van der Waals surface area contributed by atoms with Crippen LogP contribution in [0.1, 0.15) is 11.1 Å². The van der Waals surface area contributed by atoms with E-state index in [2.05, 4.69) is 0 Å². The van der Waals surface area contributed by atoms with E-state index in [0.717, 1.165) is 12.1 Å². The summed E-state index contributed by atoms with van der Waals surface area (Å²) in [6.45, 7) is 0. The molecule has 0 heterocycles. The SMILES string of the molecule is COC(OC)/C(C#N)=C/c1ccc(C(F)(F)F)cc1. The van der Waals surface area contributed by atoms with E-state index in [1.54, 1.807) is 0 Å². The molecule has 0 radical (unpaired) electrons. The van der Waals surface area contributed by atoms with E-state index in [0.29, 0.717) is 5.56 Å². The summed E-state index contributed by atoms with van der Waals surface area (Å²) in [7, 11) is 2.73. The standard InChI is InChI=1S/C13H12F3NO2/c1-18-12(19-2)10(8-17)7-9-3-5-11(6-4-9)13(14,15)16/h3-7,12H,1-2H3/b10-7+. The predicted molar refractivity (Wildman–Crippen MR) is 62.8 cm³/mol. The van der Waals surface area contributed by atoms with Gasteiger partial charge >= 0.3 is 6.18 Å². The van der Waals surface area contributed by atoms with E-state index in [-0.39, 0.29) is 5.57 Å². The number of nitrogens with zero attached hydrogens (tertiary/aromatic N) is 1. The Hall–Kier alpha value is -1.84. The lowest BCUT2D eigenvalue weighted by molar-refractivity contribution is -0.137. The molecule has 0 aromatic heterocycles. The van der Waals surface area contributed by atoms with Crippen molar-refractivity contribution in [3.05, 3.63) is 41.0 Å². The molecule has 0 atom stereocenters. The second-order valence-electron chi connectivity index (χ2n) is 3.63. The van der Waals surface area contributed by atoms with Crippen molar-refractivity contribution in [1.82, 2.24) is 0 Å². The molecule has 0 aliphatic rings. The van der Waals surface area contributed by atoms with Gasteiger partial charge in [0.1, 0.15) is 6.07 Å². The summed E-state index contributed by atoms with van der Waals surface area (Å²) in [6.07, 6.45) is -3.80. The molecular weight excluding hydrogens is 259 g/mol. The largest absolute Gasteiger partial charge is 0.416 e. The average Bonchev–Trinajstić information content (AvgIpc) is 2.38. The van der Waals surface area contributed by atoms with Gasteiger partial charge in [0.2, 0.25) is 0 Å². The quantitative estimate of drug-likeness (QED) is 0.623. The van der Waals surface area contributed by atoms with Gasteiger partial charge in [0, 0.05) is 14.2 Å². The van der Waals surface area contributed by atoms with Crippen LogP contribution in [-0.4, -0.2) is 20.5 Å². The molecule has 19 heavy (non-hydrogen) atoms. The molecule has 0 fully saturated rings. The van der Waals surface area contributed by atoms with Crippen LogP contribution in [0.3, 0.4) is 0 Å². The zero-order valence-corrected chi connectivity index (χ0v) is 10.4. The molecular formula is C13H12F3NO2. The minimum absolute atomic E-state index is 0.171. The minimum Gasteiger partial charge on any atom is -0.351 e. The summed E-state index contributed by atoms with van der Waals surface area (Å²) >= 11 is 0. The number of hydrogen-bond donors (Lipinski definition) is 0. The van der Waals surface area contributed by atoms with Crippen molar-refractivity contribution in [2.24, 2.45) is 0 Å². The van der Waals surface area contributed by atoms with Gasteiger partial charge in [0.15, 0.2) is 6.29 Å². The molecule has 1 rings (SSSR count). The van der Waals surface area contributed by atoms with Crippen LogP contribution in [0.15, 0.2) is 29.8 Å². The maximum Gasteiger partial charge on any atom is 0.416 e. The van der Waals surface area contributed by atoms with Gasteiger partial charge in [-0.05, 0) is 23.8 Å². The second kappa shape index (κ2) is 6.36. The maximum absolute atomic E-state index is 12.4. The molecule has 0 amide bonds. The van der Waals surface area contributed by atoms with Gasteiger partial charge in [-0.3, -0.25) is 0 Å². The Bertz CT molecular complexity index is 482. The highest BCUT2D eigenvalue weighted by molar-refractivity contribution is 5.58. The molecule has 0 aliphatic heterocycles. The van der Waals surface area contributed by atoms with Gasteiger partial charge in [-0.1, -0.05) is 12.1 Å². The molecule has 1 aromatic rings. The first-order valence-electron chi connectivity index (χ1n) is 5.27. The first-order chi connectivity index (χ1) is 8.92. The fraction of sp³-hybridized carbons (Fsp3) is 0.308. The van der Waals surface area contributed by atoms with Crippen molar-refractivity contribution >= 4 is 6.08 Å². The van der Waals surface area contributed by atoms with Crippen molar-refractivity contribution in [3.8, 4) is 6.07 Å². The van der Waals surface area contributed by atoms with Crippen LogP contribution in [0.25, 0.3) is 6.08 Å². The molecule has 0 N–H and O–H groups in total. The Balaban J connectivity index is 3.01. The highest BCUT2D eigenvalue weighted by Crippen LogP contribution is 2.29. The summed E-state index contributed by atoms with van der Waals surface area (Å²) in [5.74, 6) is 0. The van der Waals surface area contributed by atoms with E-state index in [1.165, 1.54) is 32.4 Å². The van der Waals surface area contributed by atoms with Crippen LogP contribution in [0.4, 0.5) is 13.2 Å². The van der Waals surface area contributed by atoms with E-state index in [4.69, 9.17) is 14.7 Å². The molecule has 6 heteroatoms. The van der Waals surface area contributed by atoms with Crippen LogP contribution in [0, 0.1) is 11.3 Å². The Labute approximate surface area is 108 Å². The lowest BCUT2D eigenvalue weighted by Gasteiger charge is -2.12. The first-order valence-corrected chi connectivity index (χ1v) is 5.27. The monoisotopic (exact) mass is 271 g/mol. The summed E-state index contributed by atoms with van der Waals surface area (Å²) in [5, 5.41) is 8.95. The first kappa shape index (κ1) is 15.2. The zero-order chi connectivity index (χ0) is 14.5. The zero-order valence-electron chi connectivity index (χ0n) is 10.4. The van der Waals surface area contributed by atoms with Crippen molar-refractivity contribution in [2.75, 3.05) is 14.2 Å². The molecule has 0 bridgehead atoms. The number of ether oxygens (including phenoxy) is 2. The summed E-state index contributed by atoms with van der Waals surface area (Å²) in [4.78, 5) is 0. The van der Waals surface area contributed by atoms with E-state index >= 15 is 0 Å². The number of methoxy groups -OCH3 is 2. The van der Waals surface area contributed by atoms with Crippen LogP contribution in [-0.2, 0) is 15.7 Å². The van der Waals surface area contributed by atoms with Gasteiger partial charge in [-0.25, -0.2) is 0 Å². The van der Waals surface area contributed by atoms with Crippen molar-refractivity contribution < 1.29 is 22.6 Å². The minimum atomic E-state index is -4.37. The lowest BCUT2D eigenvalue weighted by Crippen LogP contribution is -2.14. The Kier molecular flexibility index (Phi) is 5.10. The van der Waals surface area contributed by atoms with E-state index in [9.17, 15) is 13.2 Å². The van der Waals surface area contributed by atoms with Crippen LogP contribution in [0.5, 0.6) is 0 Å². The van der Waals surface area contributed by atoms with Gasteiger partial charge in [0.05, 0.1) is 11.1 Å². The topological polar surface area (TPSA) is 42.2 Å². The smallest absolute Gasteiger partial charge is 0.351 e. The Morgan fingerprint density at radius 1 is 1.21 bits per heavy atom. The van der Waals surface area contributed by atoms with Crippen molar-refractivity contribution in [3.63, 3.8) is 0 Å². The summed E-state index contributed by atoms with van der Waals surface area (Å²) in [5.41, 5.74) is -0.105. The van der Waals surface area contributed by atoms with Crippen molar-refractivity contribution in [1.29, 1.82) is 5.26 Å². The normalized spacial score (nSPS) is 12.6. The fourth-order valence-electron chi connectivity index (χ4n) is 1.45. The van der Waals surface area contributed by atoms with Gasteiger partial charge < -0.3 is 9.47 Å². The number of nitriles is 1. The third-order valence-corrected chi connectivity index (χ3v) is 2.37. The van der Waals surface area contributed by atoms with Crippen LogP contribution >= 0.6 is 0 Å². The third-order valence-electron chi connectivity index (χ3n) is 2.37. The lowest BCUT2D eigenvalue weighted by atomic mass is 10.1. The molecule has 102 valence electrons. The third kappa shape index (κ3) is 4.09. The Morgan fingerprint density at radius 2 is 1.74 bits per heavy atom. The Morgan fingerprint density at radius 3 is 2.11 bits per heavy atom. The number of rotatable bonds is 4. The van der Waals surface area contributed by atoms with E-state index < -0.39 is 18.0 Å². The predicted octanol–water partition coefficient (Wildman–Crippen LogP) is 3.23. The number of hydrogen-bond acceptors (Lipinski definition) is 3. The maximum atomic E-state index is 12.4. The van der Waals surface area contributed by atoms with Crippen LogP contribution in [0.2, 0.25) is 0 Å². The second-order valence-corrected chi connectivity index (χ2v) is 3.63. The highest BCUT2D eigenvalue weighted by atomic mass is 19.4. The summed E-state index contributed by atoms with van der Waals surface area (Å²) < 4.78 is 47.0. The van der Waals surface area contributed by atoms with Gasteiger partial charge in [0.25, 0.3) is 0 Å². The van der Waals surface area contributed by atoms with Gasteiger partial charge in [-0.15, -0.1) is 0 Å². The number of benzene rings is 1. The average molecular weight is 271 g/mol. The molecule has 0 saturated heterocycles. The fourth-order valence-corrected chi connectivity index (χ4v) is 1.45. The molecule has 0 saturated carbocycles. The number of halogens is 3. The van der Waals surface area contributed by atoms with Crippen molar-refractivity contribution in [2.45, 2.75) is 12.5 Å². The summed E-state index contributed by atoms with van der Waals surface area (Å²) in [6, 6.07) is 6.35. The molecule has 3 nitrogen and oxygen atoms in total. The molecule has 0 spiro atoms. The molecule has 1 aromatic carbocycles. The molecule has 0 aliphatic carbocycles. The molecule has 0 unspecified atom stereocenters. The number of alkyl halides is 3.